The molecule has 0 aromatic heterocycles. The summed E-state index contributed by atoms with van der Waals surface area (Å²) in [7, 11) is 0. The maximum Gasteiger partial charge on any atom is 0.0913 e. The third kappa shape index (κ3) is 1.32. The molecule has 2 saturated heterocycles. The van der Waals surface area contributed by atoms with Crippen molar-refractivity contribution in [3.63, 3.8) is 0 Å². The second-order valence-corrected chi connectivity index (χ2v) is 3.58. The highest BCUT2D eigenvalue weighted by Gasteiger charge is 2.41. The van der Waals surface area contributed by atoms with Gasteiger partial charge < -0.3 is 9.47 Å². The summed E-state index contributed by atoms with van der Waals surface area (Å²) in [6.07, 6.45) is 4.07. The average Bonchev–Trinajstić information content (AvgIpc) is 2.47. The minimum Gasteiger partial charge on any atom is -0.378 e. The summed E-state index contributed by atoms with van der Waals surface area (Å²) < 4.78 is 10.8. The zero-order chi connectivity index (χ0) is 7.03. The lowest BCUT2D eigenvalue weighted by molar-refractivity contribution is 0.0834. The van der Waals surface area contributed by atoms with Gasteiger partial charge in [0.25, 0.3) is 0 Å². The van der Waals surface area contributed by atoms with E-state index in [0.717, 1.165) is 19.6 Å². The molecule has 0 aromatic carbocycles. The van der Waals surface area contributed by atoms with E-state index in [2.05, 4.69) is 6.92 Å². The molecule has 2 rings (SSSR count). The third-order valence-corrected chi connectivity index (χ3v) is 2.32. The van der Waals surface area contributed by atoms with Crippen LogP contribution in [-0.4, -0.2) is 24.9 Å². The molecule has 2 unspecified atom stereocenters. The Morgan fingerprint density at radius 2 is 2.40 bits per heavy atom. The van der Waals surface area contributed by atoms with Gasteiger partial charge >= 0.3 is 0 Å². The molecule has 2 atom stereocenters. The van der Waals surface area contributed by atoms with Crippen molar-refractivity contribution in [3.8, 4) is 0 Å². The van der Waals surface area contributed by atoms with Gasteiger partial charge in [0.15, 0.2) is 0 Å². The molecule has 0 aliphatic carbocycles. The number of rotatable bonds is 2. The highest BCUT2D eigenvalue weighted by atomic mass is 16.6. The fourth-order valence-electron chi connectivity index (χ4n) is 1.53. The molecular weight excluding hydrogens is 128 g/mol. The maximum absolute atomic E-state index is 5.49. The lowest BCUT2D eigenvalue weighted by Gasteiger charge is -2.10. The molecule has 0 spiro atoms. The first-order valence-corrected chi connectivity index (χ1v) is 4.04. The van der Waals surface area contributed by atoms with E-state index in [1.54, 1.807) is 0 Å². The minimum absolute atomic E-state index is 0.189. The summed E-state index contributed by atoms with van der Waals surface area (Å²) in [6, 6.07) is 0. The number of ether oxygens (including phenoxy) is 2. The SMILES string of the molecule is CC1(CC2CCCO2)CO1. The molecule has 2 nitrogen and oxygen atoms in total. The van der Waals surface area contributed by atoms with Gasteiger partial charge in [-0.15, -0.1) is 0 Å². The van der Waals surface area contributed by atoms with E-state index in [-0.39, 0.29) is 5.60 Å². The van der Waals surface area contributed by atoms with E-state index in [0.29, 0.717) is 6.10 Å². The fraction of sp³-hybridized carbons (Fsp3) is 1.00. The molecule has 0 bridgehead atoms. The molecule has 0 N–H and O–H groups in total. The fourth-order valence-corrected chi connectivity index (χ4v) is 1.53. The second kappa shape index (κ2) is 2.21. The van der Waals surface area contributed by atoms with Gasteiger partial charge in [0.2, 0.25) is 0 Å². The van der Waals surface area contributed by atoms with Gasteiger partial charge in [-0.2, -0.15) is 0 Å². The third-order valence-electron chi connectivity index (χ3n) is 2.32. The normalized spacial score (nSPS) is 45.9. The Morgan fingerprint density at radius 3 is 2.90 bits per heavy atom. The molecule has 2 heterocycles. The summed E-state index contributed by atoms with van der Waals surface area (Å²) in [6.45, 7) is 4.06. The van der Waals surface area contributed by atoms with Crippen LogP contribution in [0.5, 0.6) is 0 Å². The van der Waals surface area contributed by atoms with Crippen LogP contribution in [0.4, 0.5) is 0 Å². The van der Waals surface area contributed by atoms with Crippen LogP contribution in [0.2, 0.25) is 0 Å². The topological polar surface area (TPSA) is 21.8 Å². The van der Waals surface area contributed by atoms with Crippen molar-refractivity contribution in [2.45, 2.75) is 37.9 Å². The van der Waals surface area contributed by atoms with Crippen molar-refractivity contribution in [2.75, 3.05) is 13.2 Å². The van der Waals surface area contributed by atoms with Crippen molar-refractivity contribution in [1.29, 1.82) is 0 Å². The summed E-state index contributed by atoms with van der Waals surface area (Å²) in [5, 5.41) is 0. The Labute approximate surface area is 61.5 Å². The van der Waals surface area contributed by atoms with Crippen LogP contribution in [0, 0.1) is 0 Å². The van der Waals surface area contributed by atoms with Crippen molar-refractivity contribution < 1.29 is 9.47 Å². The molecule has 0 aromatic rings. The Morgan fingerprint density at radius 1 is 1.60 bits per heavy atom. The Hall–Kier alpha value is -0.0800. The van der Waals surface area contributed by atoms with Gasteiger partial charge in [0.05, 0.1) is 18.3 Å². The summed E-state index contributed by atoms with van der Waals surface area (Å²) in [5.74, 6) is 0. The molecule has 0 saturated carbocycles. The van der Waals surface area contributed by atoms with E-state index in [9.17, 15) is 0 Å². The Bertz CT molecular complexity index is 123. The van der Waals surface area contributed by atoms with Crippen LogP contribution in [0.15, 0.2) is 0 Å². The first-order chi connectivity index (χ1) is 4.79. The molecule has 0 amide bonds. The molecule has 2 aliphatic rings. The van der Waals surface area contributed by atoms with E-state index in [4.69, 9.17) is 9.47 Å². The van der Waals surface area contributed by atoms with Crippen LogP contribution in [0.25, 0.3) is 0 Å². The minimum atomic E-state index is 0.189. The molecular formula is C8H14O2. The second-order valence-electron chi connectivity index (χ2n) is 3.58. The van der Waals surface area contributed by atoms with Gasteiger partial charge in [-0.05, 0) is 19.8 Å². The first-order valence-electron chi connectivity index (χ1n) is 4.04. The highest BCUT2D eigenvalue weighted by molar-refractivity contribution is 4.90. The van der Waals surface area contributed by atoms with Crippen LogP contribution < -0.4 is 0 Å². The monoisotopic (exact) mass is 142 g/mol. The van der Waals surface area contributed by atoms with E-state index >= 15 is 0 Å². The molecule has 2 fully saturated rings. The van der Waals surface area contributed by atoms with Crippen molar-refractivity contribution in [2.24, 2.45) is 0 Å². The van der Waals surface area contributed by atoms with Crippen molar-refractivity contribution in [1.82, 2.24) is 0 Å². The van der Waals surface area contributed by atoms with Crippen LogP contribution in [0.3, 0.4) is 0 Å². The summed E-state index contributed by atoms with van der Waals surface area (Å²) in [4.78, 5) is 0. The zero-order valence-electron chi connectivity index (χ0n) is 6.43. The highest BCUT2D eigenvalue weighted by Crippen LogP contribution is 2.34. The number of hydrogen-bond donors (Lipinski definition) is 0. The van der Waals surface area contributed by atoms with Gasteiger partial charge in [-0.25, -0.2) is 0 Å². The first kappa shape index (κ1) is 6.62. The lowest BCUT2D eigenvalue weighted by atomic mass is 10.0. The Balaban J connectivity index is 1.78. The zero-order valence-corrected chi connectivity index (χ0v) is 6.43. The quantitative estimate of drug-likeness (QED) is 0.543. The summed E-state index contributed by atoms with van der Waals surface area (Å²) in [5.41, 5.74) is 0.189. The van der Waals surface area contributed by atoms with Crippen LogP contribution in [0.1, 0.15) is 26.2 Å². The van der Waals surface area contributed by atoms with Crippen LogP contribution >= 0.6 is 0 Å². The van der Waals surface area contributed by atoms with Gasteiger partial charge in [0, 0.05) is 13.0 Å². The van der Waals surface area contributed by atoms with Crippen LogP contribution in [-0.2, 0) is 9.47 Å². The number of epoxide rings is 1. The maximum atomic E-state index is 5.49. The number of hydrogen-bond acceptors (Lipinski definition) is 2. The van der Waals surface area contributed by atoms with E-state index < -0.39 is 0 Å². The smallest absolute Gasteiger partial charge is 0.0913 e. The molecule has 58 valence electrons. The standard InChI is InChI=1S/C8H14O2/c1-8(6-10-8)5-7-3-2-4-9-7/h7H,2-6H2,1H3. The lowest BCUT2D eigenvalue weighted by Crippen LogP contribution is -2.16. The van der Waals surface area contributed by atoms with E-state index in [1.807, 2.05) is 0 Å². The predicted octanol–water partition coefficient (Wildman–Crippen LogP) is 1.34. The molecule has 10 heavy (non-hydrogen) atoms. The predicted molar refractivity (Wildman–Crippen MR) is 37.9 cm³/mol. The molecule has 2 aliphatic heterocycles. The largest absolute Gasteiger partial charge is 0.378 e. The van der Waals surface area contributed by atoms with Gasteiger partial charge in [-0.1, -0.05) is 0 Å². The summed E-state index contributed by atoms with van der Waals surface area (Å²) >= 11 is 0. The average molecular weight is 142 g/mol. The molecule has 0 radical (unpaired) electrons. The van der Waals surface area contributed by atoms with Gasteiger partial charge in [-0.3, -0.25) is 0 Å². The molecule has 2 heteroatoms. The van der Waals surface area contributed by atoms with Crippen molar-refractivity contribution in [3.05, 3.63) is 0 Å². The van der Waals surface area contributed by atoms with Crippen molar-refractivity contribution >= 4 is 0 Å². The van der Waals surface area contributed by atoms with E-state index in [1.165, 1.54) is 12.8 Å². The Kier molecular flexibility index (Phi) is 1.46. The van der Waals surface area contributed by atoms with Gasteiger partial charge in [0.1, 0.15) is 0 Å².